The number of rotatable bonds is 4. The van der Waals surface area contributed by atoms with Crippen molar-refractivity contribution in [2.24, 2.45) is 5.92 Å². The number of amides is 2. The normalized spacial score (nSPS) is 22.1. The van der Waals surface area contributed by atoms with Crippen molar-refractivity contribution in [2.45, 2.75) is 25.7 Å². The molecule has 0 bridgehead atoms. The maximum Gasteiger partial charge on any atom is 0.410 e. The lowest BCUT2D eigenvalue weighted by Crippen LogP contribution is -2.59. The number of carbonyl (C=O) groups is 2. The summed E-state index contributed by atoms with van der Waals surface area (Å²) in [5.41, 5.74) is 1.16. The number of benzene rings is 1. The van der Waals surface area contributed by atoms with Crippen LogP contribution in [0.2, 0.25) is 0 Å². The summed E-state index contributed by atoms with van der Waals surface area (Å²) >= 11 is 0. The lowest BCUT2D eigenvalue weighted by Gasteiger charge is -2.39. The monoisotopic (exact) mass is 369 g/mol. The Labute approximate surface area is 158 Å². The van der Waals surface area contributed by atoms with Crippen LogP contribution in [0.4, 0.5) is 4.79 Å². The summed E-state index contributed by atoms with van der Waals surface area (Å²) in [6.07, 6.45) is 0.313. The van der Waals surface area contributed by atoms with Gasteiger partial charge in [-0.05, 0) is 17.7 Å². The van der Waals surface area contributed by atoms with E-state index in [0.29, 0.717) is 6.54 Å². The zero-order chi connectivity index (χ0) is 19.2. The SMILES string of the molecule is CC1CN(C(=O)OCc2ccccc2)CC(NC(=O)c2ccccn2)C1O. The second-order valence-electron chi connectivity index (χ2n) is 6.71. The Morgan fingerprint density at radius 2 is 1.93 bits per heavy atom. The van der Waals surface area contributed by atoms with Gasteiger partial charge in [-0.3, -0.25) is 9.78 Å². The van der Waals surface area contributed by atoms with E-state index in [1.807, 2.05) is 37.3 Å². The molecule has 1 aliphatic rings. The highest BCUT2D eigenvalue weighted by atomic mass is 16.6. The van der Waals surface area contributed by atoms with Crippen molar-refractivity contribution in [3.8, 4) is 0 Å². The van der Waals surface area contributed by atoms with Crippen molar-refractivity contribution in [3.63, 3.8) is 0 Å². The van der Waals surface area contributed by atoms with Crippen LogP contribution in [-0.4, -0.2) is 52.2 Å². The zero-order valence-corrected chi connectivity index (χ0v) is 15.1. The molecule has 3 unspecified atom stereocenters. The van der Waals surface area contributed by atoms with Gasteiger partial charge in [0.1, 0.15) is 12.3 Å². The number of likely N-dealkylation sites (tertiary alicyclic amines) is 1. The predicted octanol–water partition coefficient (Wildman–Crippen LogP) is 1.83. The average molecular weight is 369 g/mol. The third kappa shape index (κ3) is 4.83. The van der Waals surface area contributed by atoms with Crippen molar-refractivity contribution in [3.05, 3.63) is 66.0 Å². The van der Waals surface area contributed by atoms with Crippen LogP contribution in [0.25, 0.3) is 0 Å². The first-order chi connectivity index (χ1) is 13.0. The van der Waals surface area contributed by atoms with Crippen molar-refractivity contribution < 1.29 is 19.4 Å². The van der Waals surface area contributed by atoms with Gasteiger partial charge in [0.15, 0.2) is 0 Å². The Morgan fingerprint density at radius 1 is 1.19 bits per heavy atom. The Balaban J connectivity index is 1.60. The Kier molecular flexibility index (Phi) is 6.03. The van der Waals surface area contributed by atoms with Gasteiger partial charge in [0.05, 0.1) is 12.1 Å². The first-order valence-corrected chi connectivity index (χ1v) is 8.90. The number of carbonyl (C=O) groups excluding carboxylic acids is 2. The van der Waals surface area contributed by atoms with Crippen molar-refractivity contribution in [2.75, 3.05) is 13.1 Å². The minimum absolute atomic E-state index is 0.178. The van der Waals surface area contributed by atoms with E-state index in [0.717, 1.165) is 5.56 Å². The second-order valence-corrected chi connectivity index (χ2v) is 6.71. The second kappa shape index (κ2) is 8.64. The van der Waals surface area contributed by atoms with E-state index in [1.54, 1.807) is 18.2 Å². The third-order valence-corrected chi connectivity index (χ3v) is 4.60. The number of piperidine rings is 1. The van der Waals surface area contributed by atoms with Gasteiger partial charge in [-0.1, -0.05) is 43.3 Å². The number of aliphatic hydroxyl groups is 1. The molecule has 1 fully saturated rings. The lowest BCUT2D eigenvalue weighted by atomic mass is 9.92. The van der Waals surface area contributed by atoms with Crippen LogP contribution in [-0.2, 0) is 11.3 Å². The van der Waals surface area contributed by atoms with Gasteiger partial charge in [0.25, 0.3) is 5.91 Å². The van der Waals surface area contributed by atoms with Gasteiger partial charge in [-0.15, -0.1) is 0 Å². The molecule has 0 aliphatic carbocycles. The molecule has 1 aromatic heterocycles. The van der Waals surface area contributed by atoms with Crippen LogP contribution in [0.5, 0.6) is 0 Å². The fraction of sp³-hybridized carbons (Fsp3) is 0.350. The van der Waals surface area contributed by atoms with Crippen LogP contribution < -0.4 is 5.32 Å². The van der Waals surface area contributed by atoms with E-state index < -0.39 is 18.2 Å². The molecule has 27 heavy (non-hydrogen) atoms. The van der Waals surface area contributed by atoms with Crippen LogP contribution >= 0.6 is 0 Å². The van der Waals surface area contributed by atoms with Crippen LogP contribution in [0.1, 0.15) is 23.0 Å². The Hall–Kier alpha value is -2.93. The summed E-state index contributed by atoms with van der Waals surface area (Å²) in [6.45, 7) is 2.56. The van der Waals surface area contributed by atoms with Gasteiger partial charge in [0.2, 0.25) is 0 Å². The van der Waals surface area contributed by atoms with Crippen LogP contribution in [0, 0.1) is 5.92 Å². The largest absolute Gasteiger partial charge is 0.445 e. The zero-order valence-electron chi connectivity index (χ0n) is 15.1. The Morgan fingerprint density at radius 3 is 2.63 bits per heavy atom. The van der Waals surface area contributed by atoms with E-state index in [9.17, 15) is 14.7 Å². The molecule has 1 aromatic carbocycles. The van der Waals surface area contributed by atoms with Crippen molar-refractivity contribution in [1.29, 1.82) is 0 Å². The minimum atomic E-state index is -0.754. The molecule has 2 heterocycles. The molecular weight excluding hydrogens is 346 g/mol. The van der Waals surface area contributed by atoms with Crippen LogP contribution in [0.3, 0.4) is 0 Å². The van der Waals surface area contributed by atoms with E-state index in [2.05, 4.69) is 10.3 Å². The quantitative estimate of drug-likeness (QED) is 0.858. The number of aliphatic hydroxyl groups excluding tert-OH is 1. The van der Waals surface area contributed by atoms with E-state index in [-0.39, 0.29) is 30.7 Å². The summed E-state index contributed by atoms with van der Waals surface area (Å²) in [5.74, 6) is -0.580. The third-order valence-electron chi connectivity index (χ3n) is 4.60. The molecule has 2 amide bonds. The van der Waals surface area contributed by atoms with Crippen LogP contribution in [0.15, 0.2) is 54.7 Å². The average Bonchev–Trinajstić information content (AvgIpc) is 2.70. The summed E-state index contributed by atoms with van der Waals surface area (Å²) in [6, 6.07) is 13.9. The molecule has 2 aromatic rings. The van der Waals surface area contributed by atoms with Crippen molar-refractivity contribution >= 4 is 12.0 Å². The lowest BCUT2D eigenvalue weighted by molar-refractivity contribution is 0.00130. The molecule has 7 heteroatoms. The number of nitrogens with one attached hydrogen (secondary N) is 1. The first-order valence-electron chi connectivity index (χ1n) is 8.90. The molecule has 1 aliphatic heterocycles. The number of ether oxygens (including phenoxy) is 1. The maximum atomic E-state index is 12.4. The number of pyridine rings is 1. The van der Waals surface area contributed by atoms with E-state index in [4.69, 9.17) is 4.74 Å². The summed E-state index contributed by atoms with van der Waals surface area (Å²) < 4.78 is 5.37. The molecule has 0 radical (unpaired) electrons. The van der Waals surface area contributed by atoms with Gasteiger partial charge in [0, 0.05) is 25.2 Å². The fourth-order valence-corrected chi connectivity index (χ4v) is 3.10. The standard InChI is InChI=1S/C20H23N3O4/c1-14-11-23(20(26)27-13-15-7-3-2-4-8-15)12-17(18(14)24)22-19(25)16-9-5-6-10-21-16/h2-10,14,17-18,24H,11-13H2,1H3,(H,22,25). The summed E-state index contributed by atoms with van der Waals surface area (Å²) in [7, 11) is 0. The fourth-order valence-electron chi connectivity index (χ4n) is 3.10. The molecule has 2 N–H and O–H groups in total. The van der Waals surface area contributed by atoms with Gasteiger partial charge in [-0.2, -0.15) is 0 Å². The molecule has 0 spiro atoms. The number of aromatic nitrogens is 1. The van der Waals surface area contributed by atoms with E-state index >= 15 is 0 Å². The number of hydrogen-bond acceptors (Lipinski definition) is 5. The molecule has 142 valence electrons. The van der Waals surface area contributed by atoms with Crippen molar-refractivity contribution in [1.82, 2.24) is 15.2 Å². The van der Waals surface area contributed by atoms with Gasteiger partial charge < -0.3 is 20.1 Å². The molecular formula is C20H23N3O4. The smallest absolute Gasteiger partial charge is 0.410 e. The summed E-state index contributed by atoms with van der Waals surface area (Å²) in [4.78, 5) is 30.3. The van der Waals surface area contributed by atoms with E-state index in [1.165, 1.54) is 11.1 Å². The van der Waals surface area contributed by atoms with Gasteiger partial charge in [-0.25, -0.2) is 4.79 Å². The van der Waals surface area contributed by atoms with Gasteiger partial charge >= 0.3 is 6.09 Å². The highest BCUT2D eigenvalue weighted by molar-refractivity contribution is 5.92. The Bertz CT molecular complexity index is 769. The summed E-state index contributed by atoms with van der Waals surface area (Å²) in [5, 5.41) is 13.2. The minimum Gasteiger partial charge on any atom is -0.445 e. The predicted molar refractivity (Wildman–Crippen MR) is 98.9 cm³/mol. The number of nitrogens with zero attached hydrogens (tertiary/aromatic N) is 2. The topological polar surface area (TPSA) is 91.8 Å². The molecule has 3 atom stereocenters. The number of hydrogen-bond donors (Lipinski definition) is 2. The molecule has 7 nitrogen and oxygen atoms in total. The molecule has 3 rings (SSSR count). The maximum absolute atomic E-state index is 12.4. The first kappa shape index (κ1) is 18.8. The molecule has 1 saturated heterocycles. The highest BCUT2D eigenvalue weighted by Gasteiger charge is 2.37. The highest BCUT2D eigenvalue weighted by Crippen LogP contribution is 2.19. The molecule has 0 saturated carbocycles.